The van der Waals surface area contributed by atoms with Crippen molar-refractivity contribution in [1.29, 1.82) is 0 Å². The van der Waals surface area contributed by atoms with Gasteiger partial charge in [0.25, 0.3) is 0 Å². The van der Waals surface area contributed by atoms with E-state index in [0.717, 1.165) is 65.6 Å². The van der Waals surface area contributed by atoms with Gasteiger partial charge in [0.15, 0.2) is 0 Å². The Labute approximate surface area is 105 Å². The molecule has 1 unspecified atom stereocenters. The lowest BCUT2D eigenvalue weighted by Gasteiger charge is -2.09. The maximum absolute atomic E-state index is 5.58. The van der Waals surface area contributed by atoms with Gasteiger partial charge < -0.3 is 19.5 Å². The number of hydrogen-bond donors (Lipinski definition) is 1. The standard InChI is InChI=1S/C13H27NO3/c1-2-3-7-15-9-5-14-6-10-17-12-13-4-8-16-11-13/h13-14H,2-12H2,1H3. The van der Waals surface area contributed by atoms with Crippen molar-refractivity contribution in [2.24, 2.45) is 5.92 Å². The van der Waals surface area contributed by atoms with E-state index < -0.39 is 0 Å². The Morgan fingerprint density at radius 1 is 1.18 bits per heavy atom. The van der Waals surface area contributed by atoms with Crippen LogP contribution in [0.4, 0.5) is 0 Å². The van der Waals surface area contributed by atoms with E-state index in [1.54, 1.807) is 0 Å². The predicted molar refractivity (Wildman–Crippen MR) is 68.3 cm³/mol. The molecular weight excluding hydrogens is 218 g/mol. The minimum absolute atomic E-state index is 0.618. The molecule has 0 bridgehead atoms. The van der Waals surface area contributed by atoms with Gasteiger partial charge in [-0.25, -0.2) is 0 Å². The first-order chi connectivity index (χ1) is 8.43. The quantitative estimate of drug-likeness (QED) is 0.559. The zero-order valence-electron chi connectivity index (χ0n) is 11.1. The highest BCUT2D eigenvalue weighted by Gasteiger charge is 2.14. The largest absolute Gasteiger partial charge is 0.381 e. The highest BCUT2D eigenvalue weighted by molar-refractivity contribution is 4.62. The van der Waals surface area contributed by atoms with Gasteiger partial charge in [-0.05, 0) is 12.8 Å². The highest BCUT2D eigenvalue weighted by Crippen LogP contribution is 2.11. The molecule has 0 aromatic carbocycles. The summed E-state index contributed by atoms with van der Waals surface area (Å²) in [5.74, 6) is 0.618. The Hall–Kier alpha value is -0.160. The number of unbranched alkanes of at least 4 members (excludes halogenated alkanes) is 1. The topological polar surface area (TPSA) is 39.7 Å². The smallest absolute Gasteiger partial charge is 0.0591 e. The third-order valence-corrected chi connectivity index (χ3v) is 2.87. The Morgan fingerprint density at radius 3 is 2.71 bits per heavy atom. The molecule has 0 amide bonds. The van der Waals surface area contributed by atoms with Gasteiger partial charge in [0.05, 0.1) is 26.4 Å². The van der Waals surface area contributed by atoms with Crippen LogP contribution in [0.3, 0.4) is 0 Å². The monoisotopic (exact) mass is 245 g/mol. The van der Waals surface area contributed by atoms with Gasteiger partial charge in [-0.2, -0.15) is 0 Å². The predicted octanol–water partition coefficient (Wildman–Crippen LogP) is 1.45. The van der Waals surface area contributed by atoms with Crippen molar-refractivity contribution in [3.8, 4) is 0 Å². The van der Waals surface area contributed by atoms with Gasteiger partial charge in [-0.3, -0.25) is 0 Å². The molecular formula is C13H27NO3. The van der Waals surface area contributed by atoms with Crippen molar-refractivity contribution in [2.75, 3.05) is 52.7 Å². The number of nitrogens with one attached hydrogen (secondary N) is 1. The molecule has 1 heterocycles. The van der Waals surface area contributed by atoms with Crippen LogP contribution in [0.15, 0.2) is 0 Å². The first-order valence-corrected chi connectivity index (χ1v) is 6.87. The lowest BCUT2D eigenvalue weighted by atomic mass is 10.1. The Morgan fingerprint density at radius 2 is 2.00 bits per heavy atom. The van der Waals surface area contributed by atoms with Crippen LogP contribution >= 0.6 is 0 Å². The normalized spacial score (nSPS) is 19.9. The SMILES string of the molecule is CCCCOCCNCCOCC1CCOC1. The van der Waals surface area contributed by atoms with Crippen molar-refractivity contribution >= 4 is 0 Å². The summed E-state index contributed by atoms with van der Waals surface area (Å²) in [4.78, 5) is 0. The average molecular weight is 245 g/mol. The van der Waals surface area contributed by atoms with Crippen LogP contribution in [0.2, 0.25) is 0 Å². The second kappa shape index (κ2) is 11.0. The summed E-state index contributed by atoms with van der Waals surface area (Å²) in [6.45, 7) is 9.09. The molecule has 4 heteroatoms. The van der Waals surface area contributed by atoms with Crippen LogP contribution in [-0.2, 0) is 14.2 Å². The maximum Gasteiger partial charge on any atom is 0.0591 e. The zero-order chi connectivity index (χ0) is 12.2. The van der Waals surface area contributed by atoms with E-state index in [4.69, 9.17) is 14.2 Å². The fourth-order valence-corrected chi connectivity index (χ4v) is 1.73. The highest BCUT2D eigenvalue weighted by atomic mass is 16.5. The molecule has 0 saturated carbocycles. The molecule has 1 fully saturated rings. The summed E-state index contributed by atoms with van der Waals surface area (Å²) < 4.78 is 16.3. The van der Waals surface area contributed by atoms with Gasteiger partial charge in [-0.1, -0.05) is 13.3 Å². The van der Waals surface area contributed by atoms with E-state index in [2.05, 4.69) is 12.2 Å². The second-order valence-electron chi connectivity index (χ2n) is 4.52. The molecule has 1 atom stereocenters. The van der Waals surface area contributed by atoms with E-state index >= 15 is 0 Å². The molecule has 0 aliphatic carbocycles. The summed E-state index contributed by atoms with van der Waals surface area (Å²) in [6, 6.07) is 0. The molecule has 0 aromatic heterocycles. The summed E-state index contributed by atoms with van der Waals surface area (Å²) in [5, 5.41) is 3.31. The fraction of sp³-hybridized carbons (Fsp3) is 1.00. The third kappa shape index (κ3) is 8.55. The molecule has 102 valence electrons. The van der Waals surface area contributed by atoms with E-state index in [9.17, 15) is 0 Å². The van der Waals surface area contributed by atoms with Gasteiger partial charge >= 0.3 is 0 Å². The Kier molecular flexibility index (Phi) is 9.61. The van der Waals surface area contributed by atoms with Crippen LogP contribution < -0.4 is 5.32 Å². The summed E-state index contributed by atoms with van der Waals surface area (Å²) >= 11 is 0. The van der Waals surface area contributed by atoms with Crippen molar-refractivity contribution in [3.05, 3.63) is 0 Å². The van der Waals surface area contributed by atoms with E-state index in [1.807, 2.05) is 0 Å². The Balaban J connectivity index is 1.69. The fourth-order valence-electron chi connectivity index (χ4n) is 1.73. The van der Waals surface area contributed by atoms with E-state index in [0.29, 0.717) is 5.92 Å². The zero-order valence-corrected chi connectivity index (χ0v) is 11.1. The Bertz CT molecular complexity index is 161. The van der Waals surface area contributed by atoms with Crippen molar-refractivity contribution in [1.82, 2.24) is 5.32 Å². The van der Waals surface area contributed by atoms with Gasteiger partial charge in [-0.15, -0.1) is 0 Å². The number of hydrogen-bond acceptors (Lipinski definition) is 4. The lowest BCUT2D eigenvalue weighted by Crippen LogP contribution is -2.25. The van der Waals surface area contributed by atoms with Crippen LogP contribution in [0, 0.1) is 5.92 Å². The molecule has 0 radical (unpaired) electrons. The molecule has 1 aliphatic heterocycles. The van der Waals surface area contributed by atoms with Crippen LogP contribution in [0.5, 0.6) is 0 Å². The summed E-state index contributed by atoms with van der Waals surface area (Å²) in [7, 11) is 0. The molecule has 4 nitrogen and oxygen atoms in total. The molecule has 1 saturated heterocycles. The van der Waals surface area contributed by atoms with Crippen molar-refractivity contribution in [2.45, 2.75) is 26.2 Å². The van der Waals surface area contributed by atoms with Gasteiger partial charge in [0.1, 0.15) is 0 Å². The van der Waals surface area contributed by atoms with E-state index in [1.165, 1.54) is 6.42 Å². The lowest BCUT2D eigenvalue weighted by molar-refractivity contribution is 0.0885. The molecule has 1 N–H and O–H groups in total. The minimum Gasteiger partial charge on any atom is -0.381 e. The van der Waals surface area contributed by atoms with Crippen LogP contribution in [-0.4, -0.2) is 52.7 Å². The number of ether oxygens (including phenoxy) is 3. The first kappa shape index (κ1) is 14.9. The maximum atomic E-state index is 5.58. The first-order valence-electron chi connectivity index (χ1n) is 6.87. The van der Waals surface area contributed by atoms with Crippen molar-refractivity contribution in [3.63, 3.8) is 0 Å². The molecule has 0 spiro atoms. The van der Waals surface area contributed by atoms with Crippen LogP contribution in [0.25, 0.3) is 0 Å². The van der Waals surface area contributed by atoms with Crippen LogP contribution in [0.1, 0.15) is 26.2 Å². The summed E-state index contributed by atoms with van der Waals surface area (Å²) in [5.41, 5.74) is 0. The number of rotatable bonds is 11. The molecule has 0 aromatic rings. The van der Waals surface area contributed by atoms with Gasteiger partial charge in [0, 0.05) is 32.2 Å². The second-order valence-corrected chi connectivity index (χ2v) is 4.52. The molecule has 1 rings (SSSR count). The van der Waals surface area contributed by atoms with E-state index in [-0.39, 0.29) is 0 Å². The third-order valence-electron chi connectivity index (χ3n) is 2.87. The molecule has 1 aliphatic rings. The average Bonchev–Trinajstić information content (AvgIpc) is 2.85. The van der Waals surface area contributed by atoms with Crippen molar-refractivity contribution < 1.29 is 14.2 Å². The molecule has 17 heavy (non-hydrogen) atoms. The van der Waals surface area contributed by atoms with Gasteiger partial charge in [0.2, 0.25) is 0 Å². The summed E-state index contributed by atoms with van der Waals surface area (Å²) in [6.07, 6.45) is 3.51. The minimum atomic E-state index is 0.618.